The molecule has 0 radical (unpaired) electrons. The van der Waals surface area contributed by atoms with Crippen LogP contribution in [0, 0.1) is 0 Å². The summed E-state index contributed by atoms with van der Waals surface area (Å²) in [7, 11) is 0. The van der Waals surface area contributed by atoms with Crippen LogP contribution in [-0.2, 0) is 0 Å². The highest BCUT2D eigenvalue weighted by Crippen LogP contribution is 2.23. The molecule has 0 saturated carbocycles. The quantitative estimate of drug-likeness (QED) is 0.656. The second-order valence-electron chi connectivity index (χ2n) is 5.07. The van der Waals surface area contributed by atoms with E-state index in [0.717, 1.165) is 10.2 Å². The van der Waals surface area contributed by atoms with Gasteiger partial charge in [-0.2, -0.15) is 0 Å². The molecule has 0 fully saturated rings. The maximum Gasteiger partial charge on any atom is 0.261 e. The Kier molecular flexibility index (Phi) is 4.24. The largest absolute Gasteiger partial charge is 0.384 e. The number of benzene rings is 2. The van der Waals surface area contributed by atoms with E-state index in [0.29, 0.717) is 30.6 Å². The molecule has 0 saturated heterocycles. The van der Waals surface area contributed by atoms with Crippen LogP contribution < -0.4 is 5.32 Å². The van der Waals surface area contributed by atoms with E-state index in [2.05, 4.69) is 21.2 Å². The van der Waals surface area contributed by atoms with Crippen LogP contribution in [0.2, 0.25) is 0 Å². The third-order valence-electron chi connectivity index (χ3n) is 3.63. The number of nitrogens with zero attached hydrogens (tertiary/aromatic N) is 1. The normalized spacial score (nSPS) is 13.4. The molecule has 3 rings (SSSR count). The Balaban J connectivity index is 1.56. The maximum atomic E-state index is 12.2. The number of anilines is 1. The monoisotopic (exact) mass is 358 g/mol. The van der Waals surface area contributed by atoms with Gasteiger partial charge in [-0.05, 0) is 46.6 Å². The van der Waals surface area contributed by atoms with Crippen LogP contribution >= 0.6 is 15.9 Å². The summed E-state index contributed by atoms with van der Waals surface area (Å²) < 4.78 is 0.996. The van der Waals surface area contributed by atoms with E-state index in [9.17, 15) is 9.59 Å². The van der Waals surface area contributed by atoms with Crippen LogP contribution in [0.1, 0.15) is 27.1 Å². The van der Waals surface area contributed by atoms with Crippen LogP contribution in [0.25, 0.3) is 0 Å². The van der Waals surface area contributed by atoms with E-state index < -0.39 is 0 Å². The molecule has 112 valence electrons. The first kappa shape index (κ1) is 14.8. The van der Waals surface area contributed by atoms with Gasteiger partial charge in [0.15, 0.2) is 0 Å². The molecule has 0 unspecified atom stereocenters. The number of hydrogen-bond acceptors (Lipinski definition) is 3. The molecule has 0 bridgehead atoms. The lowest BCUT2D eigenvalue weighted by Crippen LogP contribution is -2.31. The molecule has 2 amide bonds. The van der Waals surface area contributed by atoms with Gasteiger partial charge in [-0.3, -0.25) is 14.5 Å². The molecule has 0 spiro atoms. The molecular formula is C17H15BrN2O2. The number of halogens is 1. The van der Waals surface area contributed by atoms with Gasteiger partial charge in [-0.1, -0.05) is 24.3 Å². The summed E-state index contributed by atoms with van der Waals surface area (Å²) in [6.45, 7) is 1.11. The van der Waals surface area contributed by atoms with Gasteiger partial charge >= 0.3 is 0 Å². The van der Waals surface area contributed by atoms with Crippen LogP contribution in [0.3, 0.4) is 0 Å². The Labute approximate surface area is 137 Å². The number of carbonyl (C=O) groups excluding carboxylic acids is 2. The number of imide groups is 1. The summed E-state index contributed by atoms with van der Waals surface area (Å²) in [5.74, 6) is -0.386. The van der Waals surface area contributed by atoms with E-state index in [4.69, 9.17) is 0 Å². The lowest BCUT2D eigenvalue weighted by Gasteiger charge is -2.14. The summed E-state index contributed by atoms with van der Waals surface area (Å²) >= 11 is 3.47. The molecule has 2 aromatic carbocycles. The van der Waals surface area contributed by atoms with Gasteiger partial charge in [0.1, 0.15) is 0 Å². The third kappa shape index (κ3) is 2.76. The summed E-state index contributed by atoms with van der Waals surface area (Å²) in [5, 5.41) is 3.29. The van der Waals surface area contributed by atoms with Crippen LogP contribution in [-0.4, -0.2) is 29.8 Å². The van der Waals surface area contributed by atoms with Crippen molar-refractivity contribution in [2.75, 3.05) is 18.4 Å². The van der Waals surface area contributed by atoms with E-state index in [1.54, 1.807) is 24.3 Å². The molecule has 5 heteroatoms. The van der Waals surface area contributed by atoms with Crippen molar-refractivity contribution >= 4 is 33.4 Å². The highest BCUT2D eigenvalue weighted by atomic mass is 79.9. The van der Waals surface area contributed by atoms with Crippen LogP contribution in [0.4, 0.5) is 5.69 Å². The fourth-order valence-corrected chi connectivity index (χ4v) is 2.93. The summed E-state index contributed by atoms with van der Waals surface area (Å²) in [6.07, 6.45) is 0.701. The summed E-state index contributed by atoms with van der Waals surface area (Å²) in [5.41, 5.74) is 2.02. The zero-order chi connectivity index (χ0) is 15.5. The zero-order valence-electron chi connectivity index (χ0n) is 11.9. The van der Waals surface area contributed by atoms with Gasteiger partial charge in [-0.25, -0.2) is 0 Å². The molecule has 0 aliphatic carbocycles. The molecule has 4 nitrogen and oxygen atoms in total. The SMILES string of the molecule is O=C1c2ccccc2C(=O)N1CCCNc1ccccc1Br. The van der Waals surface area contributed by atoms with Crippen molar-refractivity contribution in [2.45, 2.75) is 6.42 Å². The van der Waals surface area contributed by atoms with Crippen molar-refractivity contribution in [2.24, 2.45) is 0 Å². The molecule has 1 aliphatic rings. The predicted molar refractivity (Wildman–Crippen MR) is 89.1 cm³/mol. The smallest absolute Gasteiger partial charge is 0.261 e. The Morgan fingerprint density at radius 2 is 1.50 bits per heavy atom. The minimum absolute atomic E-state index is 0.193. The maximum absolute atomic E-state index is 12.2. The highest BCUT2D eigenvalue weighted by Gasteiger charge is 2.34. The van der Waals surface area contributed by atoms with Gasteiger partial charge in [0.2, 0.25) is 0 Å². The Hall–Kier alpha value is -2.14. The number of rotatable bonds is 5. The van der Waals surface area contributed by atoms with E-state index in [1.807, 2.05) is 24.3 Å². The zero-order valence-corrected chi connectivity index (χ0v) is 13.5. The number of hydrogen-bond donors (Lipinski definition) is 1. The van der Waals surface area contributed by atoms with Crippen molar-refractivity contribution in [3.63, 3.8) is 0 Å². The molecule has 0 aromatic heterocycles. The first-order chi connectivity index (χ1) is 10.7. The van der Waals surface area contributed by atoms with Crippen molar-refractivity contribution in [3.8, 4) is 0 Å². The minimum Gasteiger partial charge on any atom is -0.384 e. The molecule has 22 heavy (non-hydrogen) atoms. The van der Waals surface area contributed by atoms with Crippen LogP contribution in [0.5, 0.6) is 0 Å². The van der Waals surface area contributed by atoms with Crippen molar-refractivity contribution in [1.29, 1.82) is 0 Å². The molecule has 1 heterocycles. The average molecular weight is 359 g/mol. The lowest BCUT2D eigenvalue weighted by molar-refractivity contribution is 0.0654. The van der Waals surface area contributed by atoms with Gasteiger partial charge in [0.25, 0.3) is 11.8 Å². The third-order valence-corrected chi connectivity index (χ3v) is 4.32. The second-order valence-corrected chi connectivity index (χ2v) is 5.92. The molecule has 2 aromatic rings. The number of para-hydroxylation sites is 1. The second kappa shape index (κ2) is 6.32. The topological polar surface area (TPSA) is 49.4 Å². The fraction of sp³-hybridized carbons (Fsp3) is 0.176. The number of nitrogens with one attached hydrogen (secondary N) is 1. The first-order valence-corrected chi connectivity index (χ1v) is 7.91. The van der Waals surface area contributed by atoms with Crippen molar-refractivity contribution in [1.82, 2.24) is 4.90 Å². The van der Waals surface area contributed by atoms with Gasteiger partial charge in [-0.15, -0.1) is 0 Å². The minimum atomic E-state index is -0.193. The molecule has 1 aliphatic heterocycles. The van der Waals surface area contributed by atoms with Crippen LogP contribution in [0.15, 0.2) is 53.0 Å². The standard InChI is InChI=1S/C17H15BrN2O2/c18-14-8-3-4-9-15(14)19-10-5-11-20-16(21)12-6-1-2-7-13(12)17(20)22/h1-4,6-9,19H,5,10-11H2. The molecular weight excluding hydrogens is 344 g/mol. The Bertz CT molecular complexity index is 695. The van der Waals surface area contributed by atoms with E-state index in [-0.39, 0.29) is 11.8 Å². The fourth-order valence-electron chi connectivity index (χ4n) is 2.51. The van der Waals surface area contributed by atoms with E-state index in [1.165, 1.54) is 4.90 Å². The lowest BCUT2D eigenvalue weighted by atomic mass is 10.1. The molecule has 1 N–H and O–H groups in total. The van der Waals surface area contributed by atoms with Gasteiger partial charge in [0.05, 0.1) is 11.1 Å². The Morgan fingerprint density at radius 1 is 0.909 bits per heavy atom. The average Bonchev–Trinajstić information content (AvgIpc) is 2.78. The number of fused-ring (bicyclic) bond motifs is 1. The summed E-state index contributed by atoms with van der Waals surface area (Å²) in [4.78, 5) is 25.7. The summed E-state index contributed by atoms with van der Waals surface area (Å²) in [6, 6.07) is 14.8. The van der Waals surface area contributed by atoms with Gasteiger partial charge in [0, 0.05) is 23.2 Å². The molecule has 0 atom stereocenters. The van der Waals surface area contributed by atoms with E-state index >= 15 is 0 Å². The number of amides is 2. The van der Waals surface area contributed by atoms with Crippen molar-refractivity contribution in [3.05, 3.63) is 64.1 Å². The highest BCUT2D eigenvalue weighted by molar-refractivity contribution is 9.10. The number of carbonyl (C=O) groups is 2. The van der Waals surface area contributed by atoms with Crippen molar-refractivity contribution < 1.29 is 9.59 Å². The predicted octanol–water partition coefficient (Wildman–Crippen LogP) is 3.55. The van der Waals surface area contributed by atoms with Gasteiger partial charge < -0.3 is 5.32 Å². The first-order valence-electron chi connectivity index (χ1n) is 7.12. The Morgan fingerprint density at radius 3 is 2.14 bits per heavy atom.